The Bertz CT molecular complexity index is 107. The van der Waals surface area contributed by atoms with Crippen LogP contribution in [-0.2, 0) is 0 Å². The second kappa shape index (κ2) is 4.04. The standard InChI is InChI=1S/C8H21N2O/c1-9(2)6-8(11)7-10(3,4)5/h8,11H,6-7H2,1-5H3/q+1. The third-order valence-electron chi connectivity index (χ3n) is 1.33. The molecule has 0 rings (SSSR count). The monoisotopic (exact) mass is 161 g/mol. The van der Waals surface area contributed by atoms with Gasteiger partial charge in [-0.3, -0.25) is 0 Å². The Labute approximate surface area is 69.8 Å². The van der Waals surface area contributed by atoms with E-state index in [1.165, 1.54) is 0 Å². The van der Waals surface area contributed by atoms with E-state index in [2.05, 4.69) is 21.1 Å². The number of hydrogen-bond donors (Lipinski definition) is 1. The van der Waals surface area contributed by atoms with Gasteiger partial charge in [0.25, 0.3) is 0 Å². The van der Waals surface area contributed by atoms with Crippen LogP contribution in [0.5, 0.6) is 0 Å². The molecular formula is C8H21N2O+. The lowest BCUT2D eigenvalue weighted by Gasteiger charge is -2.27. The number of aliphatic hydroxyl groups excluding tert-OH is 1. The first-order valence-electron chi connectivity index (χ1n) is 3.94. The van der Waals surface area contributed by atoms with Gasteiger partial charge < -0.3 is 14.5 Å². The predicted octanol–water partition coefficient (Wildman–Crippen LogP) is -0.385. The molecular weight excluding hydrogens is 140 g/mol. The summed E-state index contributed by atoms with van der Waals surface area (Å²) < 4.78 is 0.814. The maximum Gasteiger partial charge on any atom is 0.115 e. The van der Waals surface area contributed by atoms with Gasteiger partial charge in [0.2, 0.25) is 0 Å². The Hall–Kier alpha value is -0.120. The van der Waals surface area contributed by atoms with E-state index in [9.17, 15) is 5.11 Å². The van der Waals surface area contributed by atoms with Gasteiger partial charge in [0, 0.05) is 6.54 Å². The highest BCUT2D eigenvalue weighted by Crippen LogP contribution is 1.95. The number of rotatable bonds is 4. The van der Waals surface area contributed by atoms with E-state index in [0.29, 0.717) is 0 Å². The van der Waals surface area contributed by atoms with Crippen molar-refractivity contribution in [2.24, 2.45) is 0 Å². The molecule has 0 spiro atoms. The van der Waals surface area contributed by atoms with Crippen molar-refractivity contribution < 1.29 is 9.59 Å². The van der Waals surface area contributed by atoms with Crippen molar-refractivity contribution >= 4 is 0 Å². The smallest absolute Gasteiger partial charge is 0.115 e. The highest BCUT2D eigenvalue weighted by Gasteiger charge is 2.15. The summed E-state index contributed by atoms with van der Waals surface area (Å²) in [5.74, 6) is 0. The molecule has 11 heavy (non-hydrogen) atoms. The first kappa shape index (κ1) is 10.9. The van der Waals surface area contributed by atoms with Crippen molar-refractivity contribution in [3.8, 4) is 0 Å². The topological polar surface area (TPSA) is 23.5 Å². The van der Waals surface area contributed by atoms with Crippen LogP contribution in [0.1, 0.15) is 0 Å². The molecule has 0 bridgehead atoms. The molecule has 1 atom stereocenters. The van der Waals surface area contributed by atoms with Gasteiger partial charge in [-0.15, -0.1) is 0 Å². The number of aliphatic hydroxyl groups is 1. The second-order valence-electron chi connectivity index (χ2n) is 4.39. The van der Waals surface area contributed by atoms with Gasteiger partial charge in [-0.25, -0.2) is 0 Å². The van der Waals surface area contributed by atoms with E-state index in [1.54, 1.807) is 0 Å². The zero-order chi connectivity index (χ0) is 9.07. The van der Waals surface area contributed by atoms with E-state index in [-0.39, 0.29) is 6.10 Å². The van der Waals surface area contributed by atoms with Gasteiger partial charge in [0.05, 0.1) is 21.1 Å². The fourth-order valence-electron chi connectivity index (χ4n) is 1.11. The minimum Gasteiger partial charge on any atom is -0.386 e. The van der Waals surface area contributed by atoms with Crippen LogP contribution in [0.4, 0.5) is 0 Å². The molecule has 0 aromatic carbocycles. The molecule has 0 aromatic rings. The van der Waals surface area contributed by atoms with Gasteiger partial charge in [-0.05, 0) is 14.1 Å². The lowest BCUT2D eigenvalue weighted by molar-refractivity contribution is -0.873. The minimum absolute atomic E-state index is 0.218. The first-order chi connectivity index (χ1) is 4.81. The lowest BCUT2D eigenvalue weighted by atomic mass is 10.3. The van der Waals surface area contributed by atoms with Gasteiger partial charge >= 0.3 is 0 Å². The van der Waals surface area contributed by atoms with Crippen LogP contribution in [0.3, 0.4) is 0 Å². The van der Waals surface area contributed by atoms with Crippen LogP contribution >= 0.6 is 0 Å². The molecule has 0 saturated carbocycles. The number of hydrogen-bond acceptors (Lipinski definition) is 2. The average Bonchev–Trinajstić information content (AvgIpc) is 1.53. The third-order valence-corrected chi connectivity index (χ3v) is 1.33. The molecule has 0 radical (unpaired) electrons. The van der Waals surface area contributed by atoms with Crippen LogP contribution in [0, 0.1) is 0 Å². The summed E-state index contributed by atoms with van der Waals surface area (Å²) in [5.41, 5.74) is 0. The maximum absolute atomic E-state index is 9.50. The predicted molar refractivity (Wildman–Crippen MR) is 47.5 cm³/mol. The summed E-state index contributed by atoms with van der Waals surface area (Å²) in [6.45, 7) is 1.55. The van der Waals surface area contributed by atoms with E-state index >= 15 is 0 Å². The Morgan fingerprint density at radius 1 is 1.27 bits per heavy atom. The molecule has 3 heteroatoms. The molecule has 0 aliphatic heterocycles. The summed E-state index contributed by atoms with van der Waals surface area (Å²) in [5, 5.41) is 9.50. The van der Waals surface area contributed by atoms with Crippen LogP contribution < -0.4 is 0 Å². The number of quaternary nitrogens is 1. The second-order valence-corrected chi connectivity index (χ2v) is 4.39. The highest BCUT2D eigenvalue weighted by molar-refractivity contribution is 4.56. The third kappa shape index (κ3) is 7.78. The van der Waals surface area contributed by atoms with Gasteiger partial charge in [0.15, 0.2) is 0 Å². The van der Waals surface area contributed by atoms with Gasteiger partial charge in [-0.1, -0.05) is 0 Å². The van der Waals surface area contributed by atoms with E-state index in [0.717, 1.165) is 17.6 Å². The Balaban J connectivity index is 3.61. The minimum atomic E-state index is -0.218. The summed E-state index contributed by atoms with van der Waals surface area (Å²) in [4.78, 5) is 2.00. The average molecular weight is 161 g/mol. The molecule has 0 saturated heterocycles. The molecule has 68 valence electrons. The van der Waals surface area contributed by atoms with E-state index in [1.807, 2.05) is 19.0 Å². The van der Waals surface area contributed by atoms with Crippen molar-refractivity contribution in [3.05, 3.63) is 0 Å². The molecule has 0 aliphatic carbocycles. The molecule has 3 nitrogen and oxygen atoms in total. The van der Waals surface area contributed by atoms with Crippen molar-refractivity contribution in [1.82, 2.24) is 4.90 Å². The van der Waals surface area contributed by atoms with Gasteiger partial charge in [-0.2, -0.15) is 0 Å². The normalized spacial score (nSPS) is 15.5. The van der Waals surface area contributed by atoms with E-state index < -0.39 is 0 Å². The largest absolute Gasteiger partial charge is 0.386 e. The Morgan fingerprint density at radius 3 is 2.00 bits per heavy atom. The number of nitrogens with zero attached hydrogens (tertiary/aromatic N) is 2. The molecule has 1 N–H and O–H groups in total. The van der Waals surface area contributed by atoms with Crippen LogP contribution in [0.25, 0.3) is 0 Å². The van der Waals surface area contributed by atoms with Crippen LogP contribution in [0.2, 0.25) is 0 Å². The van der Waals surface area contributed by atoms with Crippen molar-refractivity contribution in [3.63, 3.8) is 0 Å². The fourth-order valence-corrected chi connectivity index (χ4v) is 1.11. The lowest BCUT2D eigenvalue weighted by Crippen LogP contribution is -2.44. The van der Waals surface area contributed by atoms with Crippen molar-refractivity contribution in [1.29, 1.82) is 0 Å². The zero-order valence-electron chi connectivity index (χ0n) is 8.33. The molecule has 0 fully saturated rings. The van der Waals surface area contributed by atoms with Crippen LogP contribution in [-0.4, -0.2) is 68.9 Å². The number of likely N-dealkylation sites (N-methyl/N-ethyl adjacent to an activating group) is 2. The van der Waals surface area contributed by atoms with E-state index in [4.69, 9.17) is 0 Å². The SMILES string of the molecule is CN(C)CC(O)C[N+](C)(C)C. The molecule has 0 amide bonds. The highest BCUT2D eigenvalue weighted by atomic mass is 16.3. The first-order valence-corrected chi connectivity index (χ1v) is 3.94. The summed E-state index contributed by atoms with van der Waals surface area (Å²) in [7, 11) is 10.2. The van der Waals surface area contributed by atoms with Crippen LogP contribution in [0.15, 0.2) is 0 Å². The summed E-state index contributed by atoms with van der Waals surface area (Å²) in [6, 6.07) is 0. The summed E-state index contributed by atoms with van der Waals surface area (Å²) in [6.07, 6.45) is -0.218. The van der Waals surface area contributed by atoms with Crippen molar-refractivity contribution in [2.45, 2.75) is 6.10 Å². The molecule has 0 aromatic heterocycles. The molecule has 0 heterocycles. The Kier molecular flexibility index (Phi) is 4.00. The van der Waals surface area contributed by atoms with Crippen molar-refractivity contribution in [2.75, 3.05) is 48.3 Å². The molecule has 0 aliphatic rings. The zero-order valence-corrected chi connectivity index (χ0v) is 8.33. The molecule has 1 unspecified atom stereocenters. The fraction of sp³-hybridized carbons (Fsp3) is 1.00. The summed E-state index contributed by atoms with van der Waals surface area (Å²) >= 11 is 0. The maximum atomic E-state index is 9.50. The quantitative estimate of drug-likeness (QED) is 0.568. The van der Waals surface area contributed by atoms with Gasteiger partial charge in [0.1, 0.15) is 12.6 Å². The Morgan fingerprint density at radius 2 is 1.73 bits per heavy atom.